The molecule has 122 valence electrons. The van der Waals surface area contributed by atoms with E-state index in [1.165, 1.54) is 0 Å². The molecule has 1 aromatic heterocycles. The number of carbonyl (C=O) groups excluding carboxylic acids is 2. The molecule has 0 saturated carbocycles. The molecule has 2 atom stereocenters. The first-order valence-electron chi connectivity index (χ1n) is 7.92. The zero-order valence-electron chi connectivity index (χ0n) is 13.4. The summed E-state index contributed by atoms with van der Waals surface area (Å²) in [4.78, 5) is 32.5. The molecular formula is C17H21N3O3. The first-order chi connectivity index (χ1) is 11.1. The minimum atomic E-state index is -0.779. The number of ether oxygens (including phenoxy) is 1. The summed E-state index contributed by atoms with van der Waals surface area (Å²) in [6.45, 7) is 2.88. The molecule has 0 radical (unpaired) electrons. The smallest absolute Gasteiger partial charge is 0.323 e. The highest BCUT2D eigenvalue weighted by Gasteiger charge is 2.51. The van der Waals surface area contributed by atoms with Crippen LogP contribution in [0.15, 0.2) is 36.7 Å². The van der Waals surface area contributed by atoms with Crippen molar-refractivity contribution < 1.29 is 14.3 Å². The van der Waals surface area contributed by atoms with Gasteiger partial charge in [0.25, 0.3) is 0 Å². The number of carbonyl (C=O) groups is 2. The maximum Gasteiger partial charge on any atom is 0.323 e. The van der Waals surface area contributed by atoms with E-state index in [-0.39, 0.29) is 17.9 Å². The van der Waals surface area contributed by atoms with Crippen LogP contribution < -0.4 is 0 Å². The molecule has 0 N–H and O–H groups in total. The fourth-order valence-corrected chi connectivity index (χ4v) is 3.56. The molecule has 0 aromatic carbocycles. The van der Waals surface area contributed by atoms with E-state index in [0.717, 1.165) is 24.9 Å². The zero-order chi connectivity index (χ0) is 16.4. The molecule has 6 nitrogen and oxygen atoms in total. The second-order valence-electron chi connectivity index (χ2n) is 5.80. The quantitative estimate of drug-likeness (QED) is 0.784. The van der Waals surface area contributed by atoms with Crippen molar-refractivity contribution in [1.29, 1.82) is 0 Å². The number of hydrogen-bond donors (Lipinski definition) is 0. The molecule has 3 rings (SSSR count). The lowest BCUT2D eigenvalue weighted by atomic mass is 9.97. The average molecular weight is 315 g/mol. The van der Waals surface area contributed by atoms with Crippen molar-refractivity contribution in [2.45, 2.75) is 31.5 Å². The minimum Gasteiger partial charge on any atom is -0.465 e. The van der Waals surface area contributed by atoms with E-state index < -0.39 is 5.66 Å². The standard InChI is InChI=1S/C17H21N3O3/c1-3-23-16(22)14-7-5-11-20(14)17(9-8-15(21)19(17)2)13-6-4-10-18-12-13/h4,6,8-10,12,14H,3,5,7,11H2,1-2H3. The molecule has 3 heterocycles. The van der Waals surface area contributed by atoms with Gasteiger partial charge >= 0.3 is 5.97 Å². The topological polar surface area (TPSA) is 62.7 Å². The molecule has 0 bridgehead atoms. The number of hydrogen-bond acceptors (Lipinski definition) is 5. The van der Waals surface area contributed by atoms with Gasteiger partial charge in [0.2, 0.25) is 5.91 Å². The Bertz CT molecular complexity index is 631. The van der Waals surface area contributed by atoms with E-state index in [4.69, 9.17) is 4.74 Å². The third-order valence-electron chi connectivity index (χ3n) is 4.64. The van der Waals surface area contributed by atoms with Gasteiger partial charge in [-0.25, -0.2) is 0 Å². The van der Waals surface area contributed by atoms with Gasteiger partial charge in [-0.3, -0.25) is 19.5 Å². The molecule has 1 saturated heterocycles. The van der Waals surface area contributed by atoms with Crippen LogP contribution in [0.25, 0.3) is 0 Å². The Kier molecular flexibility index (Phi) is 4.17. The van der Waals surface area contributed by atoms with Gasteiger partial charge in [-0.15, -0.1) is 0 Å². The van der Waals surface area contributed by atoms with Gasteiger partial charge in [-0.1, -0.05) is 6.07 Å². The highest BCUT2D eigenvalue weighted by molar-refractivity contribution is 5.91. The van der Waals surface area contributed by atoms with Crippen LogP contribution in [-0.2, 0) is 20.0 Å². The third kappa shape index (κ3) is 2.43. The first-order valence-corrected chi connectivity index (χ1v) is 7.92. The summed E-state index contributed by atoms with van der Waals surface area (Å²) in [5.74, 6) is -0.308. The average Bonchev–Trinajstić information content (AvgIpc) is 3.16. The van der Waals surface area contributed by atoms with Gasteiger partial charge in [0.15, 0.2) is 0 Å². The molecule has 2 aliphatic rings. The predicted molar refractivity (Wildman–Crippen MR) is 84.2 cm³/mol. The van der Waals surface area contributed by atoms with Crippen LogP contribution in [0.5, 0.6) is 0 Å². The molecule has 6 heteroatoms. The van der Waals surface area contributed by atoms with Crippen molar-refractivity contribution in [3.8, 4) is 0 Å². The van der Waals surface area contributed by atoms with Crippen molar-refractivity contribution in [1.82, 2.24) is 14.8 Å². The number of likely N-dealkylation sites (tertiary alicyclic amines) is 1. The fraction of sp³-hybridized carbons (Fsp3) is 0.471. The highest BCUT2D eigenvalue weighted by atomic mass is 16.5. The Morgan fingerprint density at radius 3 is 2.96 bits per heavy atom. The minimum absolute atomic E-state index is 0.0802. The van der Waals surface area contributed by atoms with Crippen LogP contribution in [0, 0.1) is 0 Å². The maximum atomic E-state index is 12.4. The summed E-state index contributed by atoms with van der Waals surface area (Å²) in [6.07, 6.45) is 8.50. The Hall–Kier alpha value is -2.21. The van der Waals surface area contributed by atoms with Gasteiger partial charge in [-0.2, -0.15) is 0 Å². The summed E-state index contributed by atoms with van der Waals surface area (Å²) in [5.41, 5.74) is 0.0972. The van der Waals surface area contributed by atoms with Gasteiger partial charge < -0.3 is 9.64 Å². The lowest BCUT2D eigenvalue weighted by molar-refractivity contribution is -0.155. The third-order valence-corrected chi connectivity index (χ3v) is 4.64. The number of pyridine rings is 1. The number of esters is 1. The zero-order valence-corrected chi connectivity index (χ0v) is 13.4. The van der Waals surface area contributed by atoms with Crippen molar-refractivity contribution in [3.63, 3.8) is 0 Å². The van der Waals surface area contributed by atoms with E-state index >= 15 is 0 Å². The normalized spacial score (nSPS) is 27.7. The van der Waals surface area contributed by atoms with E-state index in [1.54, 1.807) is 37.3 Å². The van der Waals surface area contributed by atoms with Crippen LogP contribution in [0.1, 0.15) is 25.3 Å². The van der Waals surface area contributed by atoms with E-state index in [2.05, 4.69) is 9.88 Å². The molecule has 23 heavy (non-hydrogen) atoms. The summed E-state index contributed by atoms with van der Waals surface area (Å²) in [7, 11) is 1.76. The van der Waals surface area contributed by atoms with E-state index in [0.29, 0.717) is 6.61 Å². The van der Waals surface area contributed by atoms with Crippen molar-refractivity contribution >= 4 is 11.9 Å². The number of likely N-dealkylation sites (N-methyl/N-ethyl adjacent to an activating group) is 1. The first kappa shape index (κ1) is 15.7. The van der Waals surface area contributed by atoms with Crippen LogP contribution in [0.4, 0.5) is 0 Å². The summed E-state index contributed by atoms with van der Waals surface area (Å²) >= 11 is 0. The Morgan fingerprint density at radius 1 is 1.52 bits per heavy atom. The Labute approximate surface area is 135 Å². The number of aromatic nitrogens is 1. The summed E-state index contributed by atoms with van der Waals surface area (Å²) in [6, 6.07) is 3.43. The van der Waals surface area contributed by atoms with Crippen LogP contribution in [0.3, 0.4) is 0 Å². The molecule has 1 amide bonds. The van der Waals surface area contributed by atoms with Gasteiger partial charge in [0.1, 0.15) is 11.7 Å². The largest absolute Gasteiger partial charge is 0.465 e. The van der Waals surface area contributed by atoms with Gasteiger partial charge in [0.05, 0.1) is 6.61 Å². The maximum absolute atomic E-state index is 12.4. The summed E-state index contributed by atoms with van der Waals surface area (Å²) < 4.78 is 5.23. The Balaban J connectivity index is 2.05. The number of nitrogens with zero attached hydrogens (tertiary/aromatic N) is 3. The van der Waals surface area contributed by atoms with Crippen molar-refractivity contribution in [2.24, 2.45) is 0 Å². The second kappa shape index (κ2) is 6.12. The molecule has 0 aliphatic carbocycles. The van der Waals surface area contributed by atoms with E-state index in [9.17, 15) is 9.59 Å². The summed E-state index contributed by atoms with van der Waals surface area (Å²) in [5, 5.41) is 0. The van der Waals surface area contributed by atoms with Gasteiger partial charge in [0, 0.05) is 37.6 Å². The number of amides is 1. The second-order valence-corrected chi connectivity index (χ2v) is 5.80. The molecule has 2 aliphatic heterocycles. The van der Waals surface area contributed by atoms with Crippen LogP contribution in [0.2, 0.25) is 0 Å². The van der Waals surface area contributed by atoms with Crippen molar-refractivity contribution in [3.05, 3.63) is 42.2 Å². The lowest BCUT2D eigenvalue weighted by Gasteiger charge is -2.45. The van der Waals surface area contributed by atoms with Crippen molar-refractivity contribution in [2.75, 3.05) is 20.2 Å². The number of rotatable bonds is 4. The van der Waals surface area contributed by atoms with Crippen LogP contribution >= 0.6 is 0 Å². The predicted octanol–water partition coefficient (Wildman–Crippen LogP) is 1.29. The Morgan fingerprint density at radius 2 is 2.35 bits per heavy atom. The fourth-order valence-electron chi connectivity index (χ4n) is 3.56. The molecule has 2 unspecified atom stereocenters. The van der Waals surface area contributed by atoms with Gasteiger partial charge in [-0.05, 0) is 31.9 Å². The molecule has 1 fully saturated rings. The monoisotopic (exact) mass is 315 g/mol. The highest BCUT2D eigenvalue weighted by Crippen LogP contribution is 2.41. The molecular weight excluding hydrogens is 294 g/mol. The van der Waals surface area contributed by atoms with Crippen LogP contribution in [-0.4, -0.2) is 52.9 Å². The SMILES string of the molecule is CCOC(=O)C1CCCN1C1(c2cccnc2)C=CC(=O)N1C. The lowest BCUT2D eigenvalue weighted by Crippen LogP contribution is -2.58. The molecule has 1 aromatic rings. The van der Waals surface area contributed by atoms with E-state index in [1.807, 2.05) is 18.2 Å². The molecule has 0 spiro atoms.